The third kappa shape index (κ3) is 3.73. The fraction of sp³-hybridized carbons (Fsp3) is 0.714. The van der Waals surface area contributed by atoms with Crippen molar-refractivity contribution in [3.8, 4) is 0 Å². The van der Waals surface area contributed by atoms with Crippen molar-refractivity contribution in [1.82, 2.24) is 10.2 Å². The number of sulfonamides is 1. The molecule has 0 aromatic carbocycles. The van der Waals surface area contributed by atoms with Crippen LogP contribution in [0.1, 0.15) is 31.3 Å². The summed E-state index contributed by atoms with van der Waals surface area (Å²) < 4.78 is 25.1. The average molecular weight is 250 g/mol. The van der Waals surface area contributed by atoms with E-state index in [0.717, 1.165) is 11.3 Å². The Morgan fingerprint density at radius 2 is 2.20 bits per heavy atom. The second-order valence-electron chi connectivity index (χ2n) is 3.16. The van der Waals surface area contributed by atoms with Gasteiger partial charge in [-0.3, -0.25) is 4.72 Å². The Balaban J connectivity index is 2.73. The van der Waals surface area contributed by atoms with Crippen LogP contribution in [-0.2, 0) is 10.0 Å². The molecule has 0 aliphatic heterocycles. The van der Waals surface area contributed by atoms with Gasteiger partial charge in [-0.05, 0) is 13.3 Å². The van der Waals surface area contributed by atoms with E-state index in [1.165, 1.54) is 0 Å². The highest BCUT2D eigenvalue weighted by Crippen LogP contribution is 2.20. The molecule has 0 aliphatic rings. The van der Waals surface area contributed by atoms with E-state index in [-0.39, 0.29) is 16.9 Å². The molecule has 8 heteroatoms. The largest absolute Gasteiger partial charge is 0.322 e. The Bertz CT molecular complexity index is 412. The molecule has 1 atom stereocenters. The summed E-state index contributed by atoms with van der Waals surface area (Å²) in [5.41, 5.74) is 5.58. The molecule has 0 fully saturated rings. The average Bonchev–Trinajstić information content (AvgIpc) is 2.51. The predicted molar refractivity (Wildman–Crippen MR) is 60.2 cm³/mol. The minimum atomic E-state index is -3.28. The molecule has 15 heavy (non-hydrogen) atoms. The van der Waals surface area contributed by atoms with Gasteiger partial charge in [-0.1, -0.05) is 18.3 Å². The van der Waals surface area contributed by atoms with Gasteiger partial charge in [0, 0.05) is 0 Å². The van der Waals surface area contributed by atoms with Crippen molar-refractivity contribution in [3.05, 3.63) is 5.01 Å². The molecule has 0 saturated heterocycles. The summed E-state index contributed by atoms with van der Waals surface area (Å²) >= 11 is 1.16. The third-order valence-electron chi connectivity index (χ3n) is 1.55. The lowest BCUT2D eigenvalue weighted by atomic mass is 10.4. The number of rotatable bonds is 5. The minimum Gasteiger partial charge on any atom is -0.322 e. The zero-order chi connectivity index (χ0) is 11.5. The summed E-state index contributed by atoms with van der Waals surface area (Å²) in [5.74, 6) is 0.0834. The van der Waals surface area contributed by atoms with Gasteiger partial charge in [0.1, 0.15) is 5.01 Å². The highest BCUT2D eigenvalue weighted by molar-refractivity contribution is 7.92. The van der Waals surface area contributed by atoms with Gasteiger partial charge in [-0.15, -0.1) is 10.2 Å². The fourth-order valence-corrected chi connectivity index (χ4v) is 2.95. The number of aromatic nitrogens is 2. The highest BCUT2D eigenvalue weighted by Gasteiger charge is 2.13. The summed E-state index contributed by atoms with van der Waals surface area (Å²) in [4.78, 5) is 0. The molecular formula is C7H14N4O2S2. The topological polar surface area (TPSA) is 98.0 Å². The van der Waals surface area contributed by atoms with Gasteiger partial charge in [0.05, 0.1) is 11.8 Å². The quantitative estimate of drug-likeness (QED) is 0.802. The number of nitrogens with one attached hydrogen (secondary N) is 1. The Labute approximate surface area is 93.0 Å². The molecule has 0 radical (unpaired) electrons. The molecule has 0 saturated carbocycles. The van der Waals surface area contributed by atoms with Crippen molar-refractivity contribution in [3.63, 3.8) is 0 Å². The Kier molecular flexibility index (Phi) is 4.00. The van der Waals surface area contributed by atoms with E-state index in [4.69, 9.17) is 5.73 Å². The second-order valence-corrected chi connectivity index (χ2v) is 6.01. The number of hydrogen-bond acceptors (Lipinski definition) is 6. The molecule has 1 heterocycles. The maximum absolute atomic E-state index is 11.4. The monoisotopic (exact) mass is 250 g/mol. The maximum atomic E-state index is 11.4. The van der Waals surface area contributed by atoms with Gasteiger partial charge >= 0.3 is 0 Å². The third-order valence-corrected chi connectivity index (χ3v) is 4.16. The van der Waals surface area contributed by atoms with Gasteiger partial charge < -0.3 is 5.73 Å². The van der Waals surface area contributed by atoms with Gasteiger partial charge in [-0.25, -0.2) is 8.42 Å². The molecule has 0 amide bonds. The van der Waals surface area contributed by atoms with Crippen LogP contribution in [0.2, 0.25) is 0 Å². The Hall–Kier alpha value is -0.730. The van der Waals surface area contributed by atoms with Crippen LogP contribution in [0.25, 0.3) is 0 Å². The molecule has 86 valence electrons. The number of nitrogens with two attached hydrogens (primary N) is 1. The first kappa shape index (κ1) is 12.3. The van der Waals surface area contributed by atoms with E-state index in [1.807, 2.05) is 0 Å². The van der Waals surface area contributed by atoms with Crippen LogP contribution >= 0.6 is 11.3 Å². The Morgan fingerprint density at radius 3 is 2.67 bits per heavy atom. The molecule has 0 aliphatic carbocycles. The van der Waals surface area contributed by atoms with Gasteiger partial charge in [0.15, 0.2) is 0 Å². The Morgan fingerprint density at radius 1 is 1.53 bits per heavy atom. The lowest BCUT2D eigenvalue weighted by molar-refractivity contribution is 0.600. The first-order chi connectivity index (χ1) is 6.94. The second kappa shape index (κ2) is 4.86. The summed E-state index contributed by atoms with van der Waals surface area (Å²) in [6, 6.07) is -0.230. The smallest absolute Gasteiger partial charge is 0.234 e. The minimum absolute atomic E-state index is 0.0834. The molecule has 3 N–H and O–H groups in total. The molecule has 0 spiro atoms. The number of anilines is 1. The lowest BCUT2D eigenvalue weighted by Crippen LogP contribution is -2.15. The van der Waals surface area contributed by atoms with Gasteiger partial charge in [0.2, 0.25) is 15.2 Å². The maximum Gasteiger partial charge on any atom is 0.234 e. The number of hydrogen-bond donors (Lipinski definition) is 2. The van der Waals surface area contributed by atoms with E-state index in [2.05, 4.69) is 14.9 Å². The fourth-order valence-electron chi connectivity index (χ4n) is 0.913. The molecular weight excluding hydrogens is 236 g/mol. The molecule has 1 rings (SSSR count). The molecule has 0 bridgehead atoms. The van der Waals surface area contributed by atoms with Crippen LogP contribution in [0.5, 0.6) is 0 Å². The van der Waals surface area contributed by atoms with Crippen molar-refractivity contribution in [2.75, 3.05) is 10.5 Å². The standard InChI is InChI=1S/C7H14N4O2S2/c1-3-4-15(12,13)11-7-10-9-6(14-7)5(2)8/h5H,3-4,8H2,1-2H3,(H,10,11). The summed E-state index contributed by atoms with van der Waals surface area (Å²) in [6.45, 7) is 3.57. The van der Waals surface area contributed by atoms with Crippen LogP contribution in [0.3, 0.4) is 0 Å². The zero-order valence-electron chi connectivity index (χ0n) is 8.60. The normalized spacial score (nSPS) is 13.8. The molecule has 1 unspecified atom stereocenters. The highest BCUT2D eigenvalue weighted by atomic mass is 32.2. The van der Waals surface area contributed by atoms with E-state index in [9.17, 15) is 8.42 Å². The summed E-state index contributed by atoms with van der Waals surface area (Å²) in [5, 5.41) is 8.37. The first-order valence-corrected chi connectivity index (χ1v) is 7.01. The van der Waals surface area contributed by atoms with Crippen LogP contribution in [0.15, 0.2) is 0 Å². The molecule has 6 nitrogen and oxygen atoms in total. The zero-order valence-corrected chi connectivity index (χ0v) is 10.2. The van der Waals surface area contributed by atoms with E-state index < -0.39 is 10.0 Å². The lowest BCUT2D eigenvalue weighted by Gasteiger charge is -2.01. The number of nitrogens with zero attached hydrogens (tertiary/aromatic N) is 2. The van der Waals surface area contributed by atoms with Crippen molar-refractivity contribution in [1.29, 1.82) is 0 Å². The van der Waals surface area contributed by atoms with Crippen LogP contribution in [-0.4, -0.2) is 24.4 Å². The van der Waals surface area contributed by atoms with Crippen molar-refractivity contribution >= 4 is 26.5 Å². The molecule has 1 aromatic rings. The van der Waals surface area contributed by atoms with Gasteiger partial charge in [0.25, 0.3) is 0 Å². The van der Waals surface area contributed by atoms with Gasteiger partial charge in [-0.2, -0.15) is 0 Å². The van der Waals surface area contributed by atoms with Crippen LogP contribution < -0.4 is 10.5 Å². The van der Waals surface area contributed by atoms with E-state index >= 15 is 0 Å². The summed E-state index contributed by atoms with van der Waals surface area (Å²) in [6.07, 6.45) is 0.564. The van der Waals surface area contributed by atoms with Crippen LogP contribution in [0.4, 0.5) is 5.13 Å². The first-order valence-electron chi connectivity index (χ1n) is 4.54. The van der Waals surface area contributed by atoms with E-state index in [0.29, 0.717) is 11.4 Å². The van der Waals surface area contributed by atoms with Crippen LogP contribution in [0, 0.1) is 0 Å². The predicted octanol–water partition coefficient (Wildman–Crippen LogP) is 0.710. The van der Waals surface area contributed by atoms with Crippen molar-refractivity contribution < 1.29 is 8.42 Å². The summed E-state index contributed by atoms with van der Waals surface area (Å²) in [7, 11) is -3.28. The van der Waals surface area contributed by atoms with Crippen molar-refractivity contribution in [2.45, 2.75) is 26.3 Å². The van der Waals surface area contributed by atoms with E-state index in [1.54, 1.807) is 13.8 Å². The van der Waals surface area contributed by atoms with Crippen molar-refractivity contribution in [2.24, 2.45) is 5.73 Å². The molecule has 1 aromatic heterocycles. The SMILES string of the molecule is CCCS(=O)(=O)Nc1nnc(C(C)N)s1.